The molecule has 5 N–H and O–H groups in total. The van der Waals surface area contributed by atoms with Crippen molar-refractivity contribution in [1.82, 2.24) is 9.80 Å². The number of guanidine groups is 1. The number of thioether (sulfide) groups is 1. The Hall–Kier alpha value is -2.80. The van der Waals surface area contributed by atoms with Crippen LogP contribution in [0.5, 0.6) is 0 Å². The third-order valence-electron chi connectivity index (χ3n) is 4.22. The van der Waals surface area contributed by atoms with Crippen molar-refractivity contribution >= 4 is 28.6 Å². The van der Waals surface area contributed by atoms with Crippen LogP contribution in [0.15, 0.2) is 60.7 Å². The maximum Gasteiger partial charge on any atom is 0.187 e. The highest BCUT2D eigenvalue weighted by molar-refractivity contribution is 8.14. The zero-order chi connectivity index (χ0) is 24.7. The Morgan fingerprint density at radius 1 is 0.812 bits per heavy atom. The molecule has 0 bridgehead atoms. The minimum Gasteiger partial charge on any atom is -0.370 e. The summed E-state index contributed by atoms with van der Waals surface area (Å²) >= 11 is 1.57. The highest BCUT2D eigenvalue weighted by atomic mass is 32.2. The fourth-order valence-corrected chi connectivity index (χ4v) is 3.27. The van der Waals surface area contributed by atoms with Crippen LogP contribution in [0.4, 0.5) is 0 Å². The molecule has 6 nitrogen and oxygen atoms in total. The molecule has 0 aliphatic carbocycles. The molecular formula is C25H40N6S. The van der Waals surface area contributed by atoms with E-state index in [-0.39, 0.29) is 5.96 Å². The first kappa shape index (κ1) is 29.2. The first-order chi connectivity index (χ1) is 15.0. The standard InChI is InChI=1S/C13H20N2.C9H11NS.C3H9N3/c1-10(2)15(11(3)4)13(14)12-8-6-5-7-9-12;1-2-11-9(10)8-6-4-3-5-7-8;1-6(2)3(4)5/h5-11,14H,1-4H3;3-7,10H,2H2,1H3;1-2H3,(H3,4,5). The molecule has 0 saturated heterocycles. The fourth-order valence-electron chi connectivity index (χ4n) is 2.67. The van der Waals surface area contributed by atoms with Gasteiger partial charge in [-0.15, -0.1) is 11.8 Å². The minimum atomic E-state index is 0.0926. The summed E-state index contributed by atoms with van der Waals surface area (Å²) in [5.41, 5.74) is 6.94. The van der Waals surface area contributed by atoms with E-state index in [2.05, 4.69) is 39.5 Å². The second-order valence-corrected chi connectivity index (χ2v) is 8.99. The second-order valence-electron chi connectivity index (χ2n) is 7.72. The molecule has 0 unspecified atom stereocenters. The molecule has 0 atom stereocenters. The van der Waals surface area contributed by atoms with Crippen molar-refractivity contribution in [3.8, 4) is 0 Å². The summed E-state index contributed by atoms with van der Waals surface area (Å²) in [7, 11) is 3.45. The molecule has 0 amide bonds. The van der Waals surface area contributed by atoms with Crippen molar-refractivity contribution < 1.29 is 0 Å². The molecule has 2 aromatic carbocycles. The highest BCUT2D eigenvalue weighted by Gasteiger charge is 2.17. The first-order valence-electron chi connectivity index (χ1n) is 10.7. The van der Waals surface area contributed by atoms with E-state index in [0.29, 0.717) is 23.0 Å². The molecular weight excluding hydrogens is 416 g/mol. The molecule has 32 heavy (non-hydrogen) atoms. The molecule has 176 valence electrons. The fraction of sp³-hybridized carbons (Fsp3) is 0.400. The normalized spacial score (nSPS) is 9.78. The van der Waals surface area contributed by atoms with E-state index in [0.717, 1.165) is 16.9 Å². The van der Waals surface area contributed by atoms with E-state index in [4.69, 9.17) is 22.0 Å². The number of hydrogen-bond acceptors (Lipinski definition) is 4. The second kappa shape index (κ2) is 15.9. The Balaban J connectivity index is 0.000000496. The number of nitrogens with zero attached hydrogens (tertiary/aromatic N) is 2. The third kappa shape index (κ3) is 11.6. The lowest BCUT2D eigenvalue weighted by Gasteiger charge is -2.33. The molecule has 0 aromatic heterocycles. The Bertz CT molecular complexity index is 796. The average molecular weight is 457 g/mol. The molecule has 0 aliphatic heterocycles. The van der Waals surface area contributed by atoms with Gasteiger partial charge in [0.1, 0.15) is 5.84 Å². The molecule has 2 aromatic rings. The lowest BCUT2D eigenvalue weighted by atomic mass is 10.1. The average Bonchev–Trinajstić information content (AvgIpc) is 2.75. The van der Waals surface area contributed by atoms with E-state index in [1.54, 1.807) is 25.9 Å². The van der Waals surface area contributed by atoms with Crippen LogP contribution in [-0.2, 0) is 0 Å². The molecule has 7 heteroatoms. The molecule has 0 radical (unpaired) electrons. The van der Waals surface area contributed by atoms with Crippen LogP contribution in [-0.4, -0.2) is 58.6 Å². The van der Waals surface area contributed by atoms with E-state index in [9.17, 15) is 0 Å². The predicted molar refractivity (Wildman–Crippen MR) is 142 cm³/mol. The SMILES string of the molecule is CC(C)N(C(=N)c1ccccc1)C(C)C.CCSC(=N)c1ccccc1.CN(C)C(=N)N. The third-order valence-corrected chi connectivity index (χ3v) is 5.04. The number of rotatable bonds is 5. The largest absolute Gasteiger partial charge is 0.370 e. The Morgan fingerprint density at radius 2 is 1.19 bits per heavy atom. The van der Waals surface area contributed by atoms with Crippen molar-refractivity contribution in [2.24, 2.45) is 5.73 Å². The molecule has 0 heterocycles. The van der Waals surface area contributed by atoms with Crippen molar-refractivity contribution in [2.45, 2.75) is 46.7 Å². The summed E-state index contributed by atoms with van der Waals surface area (Å²) in [4.78, 5) is 3.65. The maximum atomic E-state index is 8.17. The Morgan fingerprint density at radius 3 is 1.50 bits per heavy atom. The van der Waals surface area contributed by atoms with Crippen molar-refractivity contribution in [3.63, 3.8) is 0 Å². The number of nitrogens with two attached hydrogens (primary N) is 1. The summed E-state index contributed by atoms with van der Waals surface area (Å²) in [6.45, 7) is 10.5. The zero-order valence-electron chi connectivity index (χ0n) is 20.5. The quantitative estimate of drug-likeness (QED) is 0.360. The van der Waals surface area contributed by atoms with Gasteiger partial charge in [0.15, 0.2) is 5.96 Å². The summed E-state index contributed by atoms with van der Waals surface area (Å²) in [5, 5.41) is 23.1. The van der Waals surface area contributed by atoms with Gasteiger partial charge in [0.25, 0.3) is 0 Å². The van der Waals surface area contributed by atoms with Gasteiger partial charge in [0.2, 0.25) is 0 Å². The van der Waals surface area contributed by atoms with Gasteiger partial charge in [-0.25, -0.2) is 0 Å². The van der Waals surface area contributed by atoms with E-state index >= 15 is 0 Å². The smallest absolute Gasteiger partial charge is 0.187 e. The highest BCUT2D eigenvalue weighted by Crippen LogP contribution is 2.12. The zero-order valence-corrected chi connectivity index (χ0v) is 21.3. The van der Waals surface area contributed by atoms with Crippen LogP contribution < -0.4 is 5.73 Å². The molecule has 0 fully saturated rings. The summed E-state index contributed by atoms with van der Waals surface area (Å²) in [6, 6.07) is 20.4. The Labute approximate surface area is 198 Å². The predicted octanol–water partition coefficient (Wildman–Crippen LogP) is 5.34. The van der Waals surface area contributed by atoms with Crippen LogP contribution in [0.3, 0.4) is 0 Å². The monoisotopic (exact) mass is 456 g/mol. The summed E-state index contributed by atoms with van der Waals surface area (Å²) in [5.74, 6) is 1.67. The maximum absolute atomic E-state index is 8.17. The number of nitrogens with one attached hydrogen (secondary N) is 3. The lowest BCUT2D eigenvalue weighted by Crippen LogP contribution is -2.42. The van der Waals surface area contributed by atoms with Crippen LogP contribution in [0, 0.1) is 16.2 Å². The number of hydrogen-bond donors (Lipinski definition) is 4. The summed E-state index contributed by atoms with van der Waals surface area (Å²) < 4.78 is 0. The topological polar surface area (TPSA) is 104 Å². The lowest BCUT2D eigenvalue weighted by molar-refractivity contribution is 0.291. The van der Waals surface area contributed by atoms with Crippen molar-refractivity contribution in [2.75, 3.05) is 19.8 Å². The molecule has 2 rings (SSSR count). The van der Waals surface area contributed by atoms with Gasteiger partial charge >= 0.3 is 0 Å². The number of amidine groups is 1. The van der Waals surface area contributed by atoms with Crippen LogP contribution in [0.1, 0.15) is 45.7 Å². The number of benzene rings is 2. The minimum absolute atomic E-state index is 0.0926. The molecule has 0 spiro atoms. The Kier molecular flexibility index (Phi) is 14.5. The van der Waals surface area contributed by atoms with Crippen LogP contribution >= 0.6 is 11.8 Å². The first-order valence-corrected chi connectivity index (χ1v) is 11.7. The molecule has 0 saturated carbocycles. The van der Waals surface area contributed by atoms with Crippen molar-refractivity contribution in [1.29, 1.82) is 16.2 Å². The van der Waals surface area contributed by atoms with Gasteiger partial charge in [-0.1, -0.05) is 67.6 Å². The van der Waals surface area contributed by atoms with Gasteiger partial charge in [-0.2, -0.15) is 0 Å². The molecule has 0 aliphatic rings. The van der Waals surface area contributed by atoms with E-state index in [1.807, 2.05) is 60.7 Å². The summed E-state index contributed by atoms with van der Waals surface area (Å²) in [6.07, 6.45) is 0. The van der Waals surface area contributed by atoms with E-state index < -0.39 is 0 Å². The van der Waals surface area contributed by atoms with Crippen molar-refractivity contribution in [3.05, 3.63) is 71.8 Å². The van der Waals surface area contributed by atoms with E-state index in [1.165, 1.54) is 4.90 Å². The van der Waals surface area contributed by atoms with Crippen LogP contribution in [0.25, 0.3) is 0 Å². The van der Waals surface area contributed by atoms with Gasteiger partial charge in [0, 0.05) is 37.3 Å². The van der Waals surface area contributed by atoms with Gasteiger partial charge in [0.05, 0.1) is 5.04 Å². The van der Waals surface area contributed by atoms with Gasteiger partial charge in [-0.3, -0.25) is 16.2 Å². The van der Waals surface area contributed by atoms with Crippen LogP contribution in [0.2, 0.25) is 0 Å². The van der Waals surface area contributed by atoms with Gasteiger partial charge < -0.3 is 15.5 Å². The van der Waals surface area contributed by atoms with Gasteiger partial charge in [-0.05, 0) is 33.4 Å².